The Hall–Kier alpha value is -2.68. The number of rotatable bonds is 1. The average Bonchev–Trinajstić information content (AvgIpc) is 2.53. The number of halogens is 3. The van der Waals surface area contributed by atoms with E-state index in [0.717, 1.165) is 6.07 Å². The van der Waals surface area contributed by atoms with Crippen LogP contribution in [0.15, 0.2) is 41.7 Å². The van der Waals surface area contributed by atoms with Crippen LogP contribution in [-0.2, 0) is 6.18 Å². The van der Waals surface area contributed by atoms with Crippen LogP contribution in [0.3, 0.4) is 0 Å². The Morgan fingerprint density at radius 1 is 1.17 bits per heavy atom. The quantitative estimate of drug-likeness (QED) is 0.838. The summed E-state index contributed by atoms with van der Waals surface area (Å²) in [5.41, 5.74) is -0.248. The minimum Gasteiger partial charge on any atom is -0.373 e. The molecule has 0 saturated carbocycles. The first-order valence-electron chi connectivity index (χ1n) is 6.63. The van der Waals surface area contributed by atoms with Crippen molar-refractivity contribution in [1.82, 2.24) is 15.3 Å². The van der Waals surface area contributed by atoms with Crippen LogP contribution < -0.4 is 10.2 Å². The number of aliphatic hydroxyl groups is 1. The SMILES string of the molecule is CNC1=NC(O)N(c2ccncc2)c2nc(C(F)(F)F)ccc21. The van der Waals surface area contributed by atoms with Crippen molar-refractivity contribution in [3.63, 3.8) is 0 Å². The summed E-state index contributed by atoms with van der Waals surface area (Å²) in [5.74, 6) is 0.233. The summed E-state index contributed by atoms with van der Waals surface area (Å²) in [7, 11) is 1.56. The Morgan fingerprint density at radius 3 is 2.48 bits per heavy atom. The third-order valence-electron chi connectivity index (χ3n) is 3.30. The zero-order valence-corrected chi connectivity index (χ0v) is 11.9. The first-order chi connectivity index (χ1) is 10.9. The number of aliphatic imine (C=N–C) groups is 1. The average molecular weight is 323 g/mol. The second-order valence-corrected chi connectivity index (χ2v) is 4.71. The molecule has 0 amide bonds. The van der Waals surface area contributed by atoms with Crippen LogP contribution in [0.5, 0.6) is 0 Å². The number of alkyl halides is 3. The topological polar surface area (TPSA) is 73.6 Å². The van der Waals surface area contributed by atoms with Crippen LogP contribution in [-0.4, -0.2) is 34.3 Å². The smallest absolute Gasteiger partial charge is 0.373 e. The van der Waals surface area contributed by atoms with E-state index in [1.807, 2.05) is 0 Å². The molecule has 0 bridgehead atoms. The van der Waals surface area contributed by atoms with E-state index in [1.165, 1.54) is 23.4 Å². The van der Waals surface area contributed by atoms with Gasteiger partial charge in [-0.25, -0.2) is 9.98 Å². The van der Waals surface area contributed by atoms with Crippen LogP contribution >= 0.6 is 0 Å². The lowest BCUT2D eigenvalue weighted by Gasteiger charge is -2.32. The highest BCUT2D eigenvalue weighted by Crippen LogP contribution is 2.36. The molecule has 9 heteroatoms. The molecule has 1 atom stereocenters. The number of hydrogen-bond donors (Lipinski definition) is 2. The van der Waals surface area contributed by atoms with Gasteiger partial charge in [-0.1, -0.05) is 0 Å². The number of anilines is 2. The fraction of sp³-hybridized carbons (Fsp3) is 0.214. The molecule has 23 heavy (non-hydrogen) atoms. The molecule has 1 unspecified atom stereocenters. The van der Waals surface area contributed by atoms with Crippen LogP contribution in [0.2, 0.25) is 0 Å². The summed E-state index contributed by atoms with van der Waals surface area (Å²) < 4.78 is 38.9. The highest BCUT2D eigenvalue weighted by molar-refractivity contribution is 6.05. The van der Waals surface area contributed by atoms with Gasteiger partial charge in [0.25, 0.3) is 0 Å². The normalized spacial score (nSPS) is 17.5. The predicted molar refractivity (Wildman–Crippen MR) is 77.2 cm³/mol. The van der Waals surface area contributed by atoms with E-state index < -0.39 is 18.2 Å². The van der Waals surface area contributed by atoms with Crippen molar-refractivity contribution in [3.05, 3.63) is 47.9 Å². The molecule has 6 nitrogen and oxygen atoms in total. The maximum absolute atomic E-state index is 13.0. The van der Waals surface area contributed by atoms with E-state index in [4.69, 9.17) is 0 Å². The maximum atomic E-state index is 13.0. The van der Waals surface area contributed by atoms with Crippen molar-refractivity contribution in [3.8, 4) is 0 Å². The Bertz CT molecular complexity index is 748. The van der Waals surface area contributed by atoms with Crippen LogP contribution in [0.4, 0.5) is 24.7 Å². The number of nitrogens with zero attached hydrogens (tertiary/aromatic N) is 4. The summed E-state index contributed by atoms with van der Waals surface area (Å²) in [6.45, 7) is 0. The molecular weight excluding hydrogens is 311 g/mol. The highest BCUT2D eigenvalue weighted by Gasteiger charge is 2.36. The lowest BCUT2D eigenvalue weighted by molar-refractivity contribution is -0.141. The lowest BCUT2D eigenvalue weighted by Crippen LogP contribution is -2.39. The Labute approximate surface area is 129 Å². The van der Waals surface area contributed by atoms with Gasteiger partial charge in [0.05, 0.1) is 5.56 Å². The number of aromatic nitrogens is 2. The fourth-order valence-electron chi connectivity index (χ4n) is 2.29. The van der Waals surface area contributed by atoms with Gasteiger partial charge < -0.3 is 10.4 Å². The molecule has 0 fully saturated rings. The molecule has 3 heterocycles. The molecule has 120 valence electrons. The van der Waals surface area contributed by atoms with Crippen molar-refractivity contribution < 1.29 is 18.3 Å². The van der Waals surface area contributed by atoms with Crippen molar-refractivity contribution in [1.29, 1.82) is 0 Å². The van der Waals surface area contributed by atoms with Gasteiger partial charge in [0, 0.05) is 25.1 Å². The summed E-state index contributed by atoms with van der Waals surface area (Å²) in [6, 6.07) is 5.26. The van der Waals surface area contributed by atoms with Crippen LogP contribution in [0.25, 0.3) is 0 Å². The molecule has 0 spiro atoms. The zero-order valence-electron chi connectivity index (χ0n) is 11.9. The van der Waals surface area contributed by atoms with E-state index in [1.54, 1.807) is 19.2 Å². The molecule has 2 N–H and O–H groups in total. The Balaban J connectivity index is 2.20. The third kappa shape index (κ3) is 2.70. The summed E-state index contributed by atoms with van der Waals surface area (Å²) in [5, 5.41) is 13.0. The van der Waals surface area contributed by atoms with Crippen molar-refractivity contribution in [2.75, 3.05) is 11.9 Å². The summed E-state index contributed by atoms with van der Waals surface area (Å²) in [6.07, 6.45) is -3.05. The Kier molecular flexibility index (Phi) is 3.64. The monoisotopic (exact) mass is 323 g/mol. The van der Waals surface area contributed by atoms with Gasteiger partial charge in [-0.3, -0.25) is 9.88 Å². The van der Waals surface area contributed by atoms with Gasteiger partial charge in [-0.2, -0.15) is 13.2 Å². The molecule has 2 aromatic heterocycles. The van der Waals surface area contributed by atoms with Crippen LogP contribution in [0, 0.1) is 0 Å². The number of aliphatic hydroxyl groups excluding tert-OH is 1. The van der Waals surface area contributed by atoms with E-state index in [0.29, 0.717) is 11.3 Å². The first kappa shape index (κ1) is 15.2. The number of hydrogen-bond acceptors (Lipinski definition) is 6. The molecule has 0 aliphatic carbocycles. The highest BCUT2D eigenvalue weighted by atomic mass is 19.4. The maximum Gasteiger partial charge on any atom is 0.433 e. The standard InChI is InChI=1S/C14H12F3N5O/c1-18-11-9-2-3-10(14(15,16)17)20-12(9)22(13(23)21-11)8-4-6-19-7-5-8/h2-7,13,23H,1H3,(H,18,21). The second kappa shape index (κ2) is 5.51. The summed E-state index contributed by atoms with van der Waals surface area (Å²) >= 11 is 0. The number of nitrogens with one attached hydrogen (secondary N) is 1. The molecule has 0 aromatic carbocycles. The van der Waals surface area contributed by atoms with Crippen molar-refractivity contribution in [2.24, 2.45) is 4.99 Å². The van der Waals surface area contributed by atoms with Gasteiger partial charge in [-0.05, 0) is 24.3 Å². The first-order valence-corrected chi connectivity index (χ1v) is 6.63. The third-order valence-corrected chi connectivity index (χ3v) is 3.30. The van der Waals surface area contributed by atoms with E-state index in [2.05, 4.69) is 20.3 Å². The molecule has 2 aromatic rings. The molecule has 3 rings (SSSR count). The largest absolute Gasteiger partial charge is 0.433 e. The number of pyridine rings is 2. The van der Waals surface area contributed by atoms with Gasteiger partial charge in [0.15, 0.2) is 0 Å². The summed E-state index contributed by atoms with van der Waals surface area (Å²) in [4.78, 5) is 12.8. The van der Waals surface area contributed by atoms with Crippen molar-refractivity contribution >= 4 is 17.3 Å². The molecule has 0 saturated heterocycles. The van der Waals surface area contributed by atoms with Crippen molar-refractivity contribution in [2.45, 2.75) is 12.5 Å². The zero-order chi connectivity index (χ0) is 16.6. The van der Waals surface area contributed by atoms with E-state index >= 15 is 0 Å². The van der Waals surface area contributed by atoms with E-state index in [-0.39, 0.29) is 11.7 Å². The Morgan fingerprint density at radius 2 is 1.87 bits per heavy atom. The van der Waals surface area contributed by atoms with E-state index in [9.17, 15) is 18.3 Å². The fourth-order valence-corrected chi connectivity index (χ4v) is 2.29. The minimum absolute atomic E-state index is 0.0297. The molecular formula is C14H12F3N5O. The van der Waals surface area contributed by atoms with Crippen LogP contribution in [0.1, 0.15) is 11.3 Å². The molecule has 0 radical (unpaired) electrons. The predicted octanol–water partition coefficient (Wildman–Crippen LogP) is 1.89. The van der Waals surface area contributed by atoms with Gasteiger partial charge >= 0.3 is 6.18 Å². The lowest BCUT2D eigenvalue weighted by atomic mass is 10.1. The minimum atomic E-state index is -4.59. The second-order valence-electron chi connectivity index (χ2n) is 4.71. The molecule has 1 aliphatic rings. The van der Waals surface area contributed by atoms with Gasteiger partial charge in [0.1, 0.15) is 17.3 Å². The number of amidine groups is 1. The number of fused-ring (bicyclic) bond motifs is 1. The molecule has 1 aliphatic heterocycles. The van der Waals surface area contributed by atoms with Gasteiger partial charge in [0.2, 0.25) is 6.35 Å². The van der Waals surface area contributed by atoms with Gasteiger partial charge in [-0.15, -0.1) is 0 Å².